The van der Waals surface area contributed by atoms with E-state index >= 15 is 0 Å². The highest BCUT2D eigenvalue weighted by Gasteiger charge is 2.19. The molecular weight excluding hydrogens is 319 g/mol. The summed E-state index contributed by atoms with van der Waals surface area (Å²) >= 11 is 5.56. The Morgan fingerprint density at radius 1 is 1.43 bits per heavy atom. The minimum Gasteiger partial charge on any atom is -0.346 e. The number of benzene rings is 1. The zero-order valence-electron chi connectivity index (χ0n) is 11.7. The molecule has 0 radical (unpaired) electrons. The topological polar surface area (TPSA) is 80.5 Å². The van der Waals surface area contributed by atoms with Gasteiger partial charge in [-0.2, -0.15) is 0 Å². The lowest BCUT2D eigenvalue weighted by atomic mass is 10.3. The van der Waals surface area contributed by atoms with Crippen LogP contribution in [0, 0.1) is 5.82 Å². The van der Waals surface area contributed by atoms with Gasteiger partial charge in [-0.1, -0.05) is 11.6 Å². The molecule has 118 valence electrons. The highest BCUT2D eigenvalue weighted by atomic mass is 35.5. The van der Waals surface area contributed by atoms with Crippen molar-refractivity contribution in [2.75, 3.05) is 25.9 Å². The van der Waals surface area contributed by atoms with Gasteiger partial charge in [0.2, 0.25) is 5.91 Å². The van der Waals surface area contributed by atoms with Crippen LogP contribution in [0.4, 0.5) is 4.39 Å². The summed E-state index contributed by atoms with van der Waals surface area (Å²) in [7, 11) is -2.08. The Morgan fingerprint density at radius 2 is 2.10 bits per heavy atom. The standard InChI is InChI=1S/C13H18ClFN2O3S/c1-17(7-2-6-16)13(18)5-8-21(19,20)10-3-4-12(15)11(14)9-10/h3-4,9H,2,5-8,16H2,1H3. The van der Waals surface area contributed by atoms with Crippen molar-refractivity contribution in [1.82, 2.24) is 4.90 Å². The molecule has 0 bridgehead atoms. The first kappa shape index (κ1) is 17.9. The molecule has 0 atom stereocenters. The number of carbonyl (C=O) groups excluding carboxylic acids is 1. The van der Waals surface area contributed by atoms with E-state index in [0.717, 1.165) is 18.2 Å². The lowest BCUT2D eigenvalue weighted by molar-refractivity contribution is -0.129. The van der Waals surface area contributed by atoms with Gasteiger partial charge in [-0.15, -0.1) is 0 Å². The Hall–Kier alpha value is -1.18. The van der Waals surface area contributed by atoms with E-state index in [0.29, 0.717) is 19.5 Å². The normalized spacial score (nSPS) is 11.4. The number of hydrogen-bond donors (Lipinski definition) is 1. The minimum absolute atomic E-state index is 0.0914. The SMILES string of the molecule is CN(CCCN)C(=O)CCS(=O)(=O)c1ccc(F)c(Cl)c1. The second-order valence-electron chi connectivity index (χ2n) is 4.60. The molecule has 0 fully saturated rings. The molecule has 0 spiro atoms. The molecule has 0 aromatic heterocycles. The maximum atomic E-state index is 13.0. The van der Waals surface area contributed by atoms with Crippen LogP contribution in [-0.2, 0) is 14.6 Å². The maximum Gasteiger partial charge on any atom is 0.223 e. The molecule has 0 saturated carbocycles. The smallest absolute Gasteiger partial charge is 0.223 e. The van der Waals surface area contributed by atoms with Crippen molar-refractivity contribution in [3.8, 4) is 0 Å². The van der Waals surface area contributed by atoms with Crippen molar-refractivity contribution in [2.45, 2.75) is 17.7 Å². The van der Waals surface area contributed by atoms with Crippen molar-refractivity contribution < 1.29 is 17.6 Å². The summed E-state index contributed by atoms with van der Waals surface area (Å²) in [6, 6.07) is 3.18. The summed E-state index contributed by atoms with van der Waals surface area (Å²) in [5, 5.41) is -0.262. The van der Waals surface area contributed by atoms with Crippen LogP contribution in [0.3, 0.4) is 0 Å². The van der Waals surface area contributed by atoms with Crippen LogP contribution in [0.15, 0.2) is 23.1 Å². The zero-order valence-corrected chi connectivity index (χ0v) is 13.3. The molecule has 0 aliphatic carbocycles. The van der Waals surface area contributed by atoms with Crippen LogP contribution in [0.5, 0.6) is 0 Å². The van der Waals surface area contributed by atoms with Crippen molar-refractivity contribution >= 4 is 27.3 Å². The lowest BCUT2D eigenvalue weighted by Crippen LogP contribution is -2.30. The number of sulfone groups is 1. The highest BCUT2D eigenvalue weighted by molar-refractivity contribution is 7.91. The van der Waals surface area contributed by atoms with Gasteiger partial charge in [0.15, 0.2) is 9.84 Å². The fraction of sp³-hybridized carbons (Fsp3) is 0.462. The monoisotopic (exact) mass is 336 g/mol. The molecule has 0 aliphatic rings. The second kappa shape index (κ2) is 7.72. The highest BCUT2D eigenvalue weighted by Crippen LogP contribution is 2.20. The average molecular weight is 337 g/mol. The molecule has 21 heavy (non-hydrogen) atoms. The second-order valence-corrected chi connectivity index (χ2v) is 7.12. The van der Waals surface area contributed by atoms with Crippen LogP contribution >= 0.6 is 11.6 Å². The van der Waals surface area contributed by atoms with E-state index in [2.05, 4.69) is 0 Å². The summed E-state index contributed by atoms with van der Waals surface area (Å²) in [5.41, 5.74) is 5.35. The molecule has 0 saturated heterocycles. The van der Waals surface area contributed by atoms with Gasteiger partial charge in [0, 0.05) is 20.0 Å². The van der Waals surface area contributed by atoms with Gasteiger partial charge in [0.25, 0.3) is 0 Å². The van der Waals surface area contributed by atoms with Crippen LogP contribution in [0.25, 0.3) is 0 Å². The van der Waals surface area contributed by atoms with Gasteiger partial charge < -0.3 is 10.6 Å². The third kappa shape index (κ3) is 5.26. The predicted molar refractivity (Wildman–Crippen MR) is 79.4 cm³/mol. The van der Waals surface area contributed by atoms with Gasteiger partial charge in [-0.25, -0.2) is 12.8 Å². The van der Waals surface area contributed by atoms with E-state index in [9.17, 15) is 17.6 Å². The summed E-state index contributed by atoms with van der Waals surface area (Å²) in [5.74, 6) is -1.31. The Labute approximate surface area is 128 Å². The van der Waals surface area contributed by atoms with Crippen molar-refractivity contribution in [3.05, 3.63) is 29.0 Å². The van der Waals surface area contributed by atoms with Gasteiger partial charge in [0.05, 0.1) is 15.7 Å². The first-order valence-electron chi connectivity index (χ1n) is 6.40. The van der Waals surface area contributed by atoms with Gasteiger partial charge in [0.1, 0.15) is 5.82 Å². The van der Waals surface area contributed by atoms with E-state index in [1.54, 1.807) is 7.05 Å². The Kier molecular flexibility index (Phi) is 6.57. The summed E-state index contributed by atoms with van der Waals surface area (Å²) in [6.45, 7) is 0.946. The third-order valence-electron chi connectivity index (χ3n) is 2.96. The summed E-state index contributed by atoms with van der Waals surface area (Å²) in [4.78, 5) is 13.1. The molecule has 1 amide bonds. The lowest BCUT2D eigenvalue weighted by Gasteiger charge is -2.16. The number of amides is 1. The van der Waals surface area contributed by atoms with E-state index in [1.165, 1.54) is 4.90 Å². The van der Waals surface area contributed by atoms with Crippen molar-refractivity contribution in [1.29, 1.82) is 0 Å². The van der Waals surface area contributed by atoms with Gasteiger partial charge >= 0.3 is 0 Å². The summed E-state index contributed by atoms with van der Waals surface area (Å²) < 4.78 is 37.2. The number of nitrogens with two attached hydrogens (primary N) is 1. The number of rotatable bonds is 7. The molecule has 1 rings (SSSR count). The Bertz CT molecular complexity index is 607. The quantitative estimate of drug-likeness (QED) is 0.764. The maximum absolute atomic E-state index is 13.0. The zero-order chi connectivity index (χ0) is 16.0. The Morgan fingerprint density at radius 3 is 2.67 bits per heavy atom. The fourth-order valence-electron chi connectivity index (χ4n) is 1.65. The molecule has 1 aromatic carbocycles. The van der Waals surface area contributed by atoms with Crippen molar-refractivity contribution in [2.24, 2.45) is 5.73 Å². The average Bonchev–Trinajstić information content (AvgIpc) is 2.44. The first-order chi connectivity index (χ1) is 9.77. The van der Waals surface area contributed by atoms with Crippen LogP contribution in [-0.4, -0.2) is 45.1 Å². The molecule has 5 nitrogen and oxygen atoms in total. The molecule has 0 unspecified atom stereocenters. The van der Waals surface area contributed by atoms with Gasteiger partial charge in [-0.05, 0) is 31.2 Å². The number of nitrogens with zero attached hydrogens (tertiary/aromatic N) is 1. The molecule has 1 aromatic rings. The first-order valence-corrected chi connectivity index (χ1v) is 8.43. The van der Waals surface area contributed by atoms with E-state index < -0.39 is 15.7 Å². The Balaban J connectivity index is 2.68. The molecule has 0 aliphatic heterocycles. The predicted octanol–water partition coefficient (Wildman–Crippen LogP) is 1.45. The molecule has 8 heteroatoms. The molecule has 0 heterocycles. The van der Waals surface area contributed by atoms with Gasteiger partial charge in [-0.3, -0.25) is 4.79 Å². The van der Waals surface area contributed by atoms with E-state index in [-0.39, 0.29) is 28.0 Å². The molecule has 2 N–H and O–H groups in total. The van der Waals surface area contributed by atoms with Crippen molar-refractivity contribution in [3.63, 3.8) is 0 Å². The fourth-order valence-corrected chi connectivity index (χ4v) is 3.15. The van der Waals surface area contributed by atoms with E-state index in [4.69, 9.17) is 17.3 Å². The number of carbonyl (C=O) groups is 1. The number of halogens is 2. The van der Waals surface area contributed by atoms with Crippen LogP contribution in [0.2, 0.25) is 5.02 Å². The van der Waals surface area contributed by atoms with Crippen LogP contribution < -0.4 is 5.73 Å². The largest absolute Gasteiger partial charge is 0.346 e. The van der Waals surface area contributed by atoms with Crippen LogP contribution in [0.1, 0.15) is 12.8 Å². The summed E-state index contributed by atoms with van der Waals surface area (Å²) in [6.07, 6.45) is 0.515. The molecular formula is C13H18ClFN2O3S. The minimum atomic E-state index is -3.67. The number of hydrogen-bond acceptors (Lipinski definition) is 4. The third-order valence-corrected chi connectivity index (χ3v) is 4.96. The van der Waals surface area contributed by atoms with E-state index in [1.807, 2.05) is 0 Å².